The SMILES string of the molecule is O=C(Nc1ccccc1Cl)C(=O)N1CC[C@H](O)[C@@H](O)C1. The van der Waals surface area contributed by atoms with Crippen molar-refractivity contribution in [2.24, 2.45) is 0 Å². The summed E-state index contributed by atoms with van der Waals surface area (Å²) in [5.41, 5.74) is 0.352. The van der Waals surface area contributed by atoms with E-state index in [0.717, 1.165) is 0 Å². The van der Waals surface area contributed by atoms with Crippen molar-refractivity contribution in [3.05, 3.63) is 29.3 Å². The maximum atomic E-state index is 11.9. The standard InChI is InChI=1S/C13H15ClN2O4/c14-8-3-1-2-4-9(8)15-12(19)13(20)16-6-5-10(17)11(18)7-16/h1-4,10-11,17-18H,5-7H2,(H,15,19)/t10-,11-/m0/s1. The molecule has 0 unspecified atom stereocenters. The maximum absolute atomic E-state index is 11.9. The first-order valence-corrected chi connectivity index (χ1v) is 6.57. The van der Waals surface area contributed by atoms with Gasteiger partial charge in [0.25, 0.3) is 0 Å². The van der Waals surface area contributed by atoms with Crippen molar-refractivity contribution in [2.45, 2.75) is 18.6 Å². The highest BCUT2D eigenvalue weighted by Crippen LogP contribution is 2.20. The number of nitrogens with zero attached hydrogens (tertiary/aromatic N) is 1. The summed E-state index contributed by atoms with van der Waals surface area (Å²) in [5, 5.41) is 21.7. The smallest absolute Gasteiger partial charge is 0.313 e. The lowest BCUT2D eigenvalue weighted by molar-refractivity contribution is -0.147. The van der Waals surface area contributed by atoms with Crippen LogP contribution in [0.3, 0.4) is 0 Å². The fraction of sp³-hybridized carbons (Fsp3) is 0.385. The van der Waals surface area contributed by atoms with Crippen molar-refractivity contribution in [3.63, 3.8) is 0 Å². The molecule has 6 nitrogen and oxygen atoms in total. The Labute approximate surface area is 121 Å². The minimum atomic E-state index is -1.03. The molecule has 2 rings (SSSR count). The highest BCUT2D eigenvalue weighted by Gasteiger charge is 2.31. The summed E-state index contributed by atoms with van der Waals surface area (Å²) in [7, 11) is 0. The molecule has 0 radical (unpaired) electrons. The van der Waals surface area contributed by atoms with Crippen LogP contribution in [-0.2, 0) is 9.59 Å². The van der Waals surface area contributed by atoms with E-state index >= 15 is 0 Å². The molecular weight excluding hydrogens is 284 g/mol. The number of halogens is 1. The number of likely N-dealkylation sites (tertiary alicyclic amines) is 1. The third-order valence-electron chi connectivity index (χ3n) is 3.15. The monoisotopic (exact) mass is 298 g/mol. The molecule has 0 bridgehead atoms. The van der Waals surface area contributed by atoms with Crippen molar-refractivity contribution in [1.82, 2.24) is 4.90 Å². The van der Waals surface area contributed by atoms with E-state index < -0.39 is 24.0 Å². The highest BCUT2D eigenvalue weighted by molar-refractivity contribution is 6.41. The van der Waals surface area contributed by atoms with Crippen molar-refractivity contribution in [2.75, 3.05) is 18.4 Å². The Bertz CT molecular complexity index is 523. The topological polar surface area (TPSA) is 89.9 Å². The summed E-state index contributed by atoms with van der Waals surface area (Å²) in [5.74, 6) is -1.57. The molecule has 108 valence electrons. The van der Waals surface area contributed by atoms with Crippen LogP contribution in [0.2, 0.25) is 5.02 Å². The second-order valence-corrected chi connectivity index (χ2v) is 5.02. The van der Waals surface area contributed by atoms with Gasteiger partial charge in [0, 0.05) is 13.1 Å². The molecule has 2 amide bonds. The van der Waals surface area contributed by atoms with E-state index in [0.29, 0.717) is 10.7 Å². The van der Waals surface area contributed by atoms with Gasteiger partial charge in [0.05, 0.1) is 22.9 Å². The van der Waals surface area contributed by atoms with Crippen molar-refractivity contribution < 1.29 is 19.8 Å². The molecule has 1 fully saturated rings. The molecule has 1 aromatic rings. The Morgan fingerprint density at radius 2 is 1.95 bits per heavy atom. The molecule has 2 atom stereocenters. The summed E-state index contributed by atoms with van der Waals surface area (Å²) in [4.78, 5) is 25.0. The van der Waals surface area contributed by atoms with Gasteiger partial charge < -0.3 is 20.4 Å². The summed E-state index contributed by atoms with van der Waals surface area (Å²) in [6.45, 7) is 0.170. The van der Waals surface area contributed by atoms with E-state index in [1.54, 1.807) is 24.3 Å². The molecule has 0 aliphatic carbocycles. The fourth-order valence-electron chi connectivity index (χ4n) is 1.99. The number of aliphatic hydroxyl groups is 2. The number of rotatable bonds is 1. The third-order valence-corrected chi connectivity index (χ3v) is 3.48. The van der Waals surface area contributed by atoms with Crippen LogP contribution in [-0.4, -0.2) is 52.2 Å². The number of benzene rings is 1. The van der Waals surface area contributed by atoms with E-state index in [1.807, 2.05) is 0 Å². The molecule has 20 heavy (non-hydrogen) atoms. The third kappa shape index (κ3) is 3.27. The summed E-state index contributed by atoms with van der Waals surface area (Å²) >= 11 is 5.89. The first-order chi connectivity index (χ1) is 9.49. The van der Waals surface area contributed by atoms with E-state index in [9.17, 15) is 19.8 Å². The number of piperidine rings is 1. The average molecular weight is 299 g/mol. The number of hydrogen-bond acceptors (Lipinski definition) is 4. The number of carbonyl (C=O) groups excluding carboxylic acids is 2. The van der Waals surface area contributed by atoms with Crippen LogP contribution in [0.5, 0.6) is 0 Å². The van der Waals surface area contributed by atoms with Crippen LogP contribution < -0.4 is 5.32 Å². The van der Waals surface area contributed by atoms with E-state index in [1.165, 1.54) is 4.90 Å². The Kier molecular flexibility index (Phi) is 4.59. The minimum Gasteiger partial charge on any atom is -0.390 e. The van der Waals surface area contributed by atoms with Crippen LogP contribution >= 0.6 is 11.6 Å². The van der Waals surface area contributed by atoms with Gasteiger partial charge in [-0.3, -0.25) is 9.59 Å². The zero-order chi connectivity index (χ0) is 14.7. The first kappa shape index (κ1) is 14.8. The molecule has 1 saturated heterocycles. The van der Waals surface area contributed by atoms with Gasteiger partial charge in [-0.1, -0.05) is 23.7 Å². The van der Waals surface area contributed by atoms with E-state index in [2.05, 4.69) is 5.32 Å². The largest absolute Gasteiger partial charge is 0.390 e. The van der Waals surface area contributed by atoms with Crippen molar-refractivity contribution in [3.8, 4) is 0 Å². The molecular formula is C13H15ClN2O4. The van der Waals surface area contributed by atoms with Crippen molar-refractivity contribution >= 4 is 29.1 Å². The predicted octanol–water partition coefficient (Wildman–Crippen LogP) is 0.233. The van der Waals surface area contributed by atoms with Crippen LogP contribution in [0.1, 0.15) is 6.42 Å². The number of carbonyl (C=O) groups is 2. The minimum absolute atomic E-state index is 0.0596. The number of nitrogens with one attached hydrogen (secondary N) is 1. The van der Waals surface area contributed by atoms with Gasteiger partial charge in [0.2, 0.25) is 0 Å². The maximum Gasteiger partial charge on any atom is 0.313 e. The quantitative estimate of drug-likeness (QED) is 0.648. The van der Waals surface area contributed by atoms with Crippen molar-refractivity contribution in [1.29, 1.82) is 0 Å². The van der Waals surface area contributed by atoms with Crippen LogP contribution in [0.25, 0.3) is 0 Å². The lowest BCUT2D eigenvalue weighted by atomic mass is 10.1. The molecule has 0 spiro atoms. The number of anilines is 1. The van der Waals surface area contributed by atoms with E-state index in [4.69, 9.17) is 11.6 Å². The molecule has 1 aliphatic heterocycles. The van der Waals surface area contributed by atoms with Crippen LogP contribution in [0.15, 0.2) is 24.3 Å². The van der Waals surface area contributed by atoms with Crippen LogP contribution in [0, 0.1) is 0 Å². The van der Waals surface area contributed by atoms with Gasteiger partial charge in [-0.05, 0) is 18.6 Å². The molecule has 0 aromatic heterocycles. The molecule has 1 aromatic carbocycles. The Hall–Kier alpha value is -1.63. The van der Waals surface area contributed by atoms with E-state index in [-0.39, 0.29) is 19.5 Å². The molecule has 1 heterocycles. The second-order valence-electron chi connectivity index (χ2n) is 4.61. The van der Waals surface area contributed by atoms with Gasteiger partial charge in [-0.25, -0.2) is 0 Å². The molecule has 1 aliphatic rings. The molecule has 0 saturated carbocycles. The normalized spacial score (nSPS) is 22.4. The van der Waals surface area contributed by atoms with Gasteiger partial charge in [-0.2, -0.15) is 0 Å². The predicted molar refractivity (Wildman–Crippen MR) is 73.3 cm³/mol. The number of para-hydroxylation sites is 1. The van der Waals surface area contributed by atoms with Gasteiger partial charge >= 0.3 is 11.8 Å². The fourth-order valence-corrected chi connectivity index (χ4v) is 2.17. The lowest BCUT2D eigenvalue weighted by Crippen LogP contribution is -2.51. The summed E-state index contributed by atoms with van der Waals surface area (Å²) < 4.78 is 0. The Balaban J connectivity index is 1.99. The first-order valence-electron chi connectivity index (χ1n) is 6.20. The number of hydrogen-bond donors (Lipinski definition) is 3. The number of amides is 2. The summed E-state index contributed by atoms with van der Waals surface area (Å²) in [6.07, 6.45) is -1.64. The van der Waals surface area contributed by atoms with Gasteiger partial charge in [-0.15, -0.1) is 0 Å². The Morgan fingerprint density at radius 1 is 1.25 bits per heavy atom. The zero-order valence-electron chi connectivity index (χ0n) is 10.6. The zero-order valence-corrected chi connectivity index (χ0v) is 11.4. The Morgan fingerprint density at radius 3 is 2.60 bits per heavy atom. The molecule has 7 heteroatoms. The second kappa shape index (κ2) is 6.21. The van der Waals surface area contributed by atoms with Gasteiger partial charge in [0.1, 0.15) is 0 Å². The molecule has 3 N–H and O–H groups in total. The summed E-state index contributed by atoms with van der Waals surface area (Å²) in [6, 6.07) is 6.58. The average Bonchev–Trinajstić information content (AvgIpc) is 2.43. The number of β-amino-alcohol motifs (C(OH)–C–C–N with tert-alkyl or cyclic N) is 1. The van der Waals surface area contributed by atoms with Crippen LogP contribution in [0.4, 0.5) is 5.69 Å². The number of aliphatic hydroxyl groups excluding tert-OH is 2. The lowest BCUT2D eigenvalue weighted by Gasteiger charge is -2.32. The highest BCUT2D eigenvalue weighted by atomic mass is 35.5. The van der Waals surface area contributed by atoms with Gasteiger partial charge in [0.15, 0.2) is 0 Å².